The summed E-state index contributed by atoms with van der Waals surface area (Å²) in [7, 11) is 0. The van der Waals surface area contributed by atoms with Gasteiger partial charge in [0.05, 0.1) is 0 Å². The highest BCUT2D eigenvalue weighted by atomic mass is 35.6. The van der Waals surface area contributed by atoms with Gasteiger partial charge in [0.2, 0.25) is 15.9 Å². The lowest BCUT2D eigenvalue weighted by Crippen LogP contribution is -2.47. The molecule has 0 aliphatic rings. The van der Waals surface area contributed by atoms with Crippen LogP contribution in [0.2, 0.25) is 0 Å². The molecule has 0 aliphatic carbocycles. The number of hydrogen-bond donors (Lipinski definition) is 1. The molecular formula is C12H12Cl3NO3. The third kappa shape index (κ3) is 5.27. The summed E-state index contributed by atoms with van der Waals surface area (Å²) in [6.07, 6.45) is -0.174. The minimum Gasteiger partial charge on any atom is -0.466 e. The van der Waals surface area contributed by atoms with Gasteiger partial charge in [-0.25, -0.2) is 0 Å². The van der Waals surface area contributed by atoms with E-state index in [9.17, 15) is 9.59 Å². The first-order chi connectivity index (χ1) is 8.86. The average Bonchev–Trinajstić information content (AvgIpc) is 2.37. The summed E-state index contributed by atoms with van der Waals surface area (Å²) in [4.78, 5) is 21.9. The van der Waals surface area contributed by atoms with Crippen LogP contribution in [0.1, 0.15) is 23.7 Å². The molecule has 1 amide bonds. The van der Waals surface area contributed by atoms with E-state index in [4.69, 9.17) is 39.5 Å². The van der Waals surface area contributed by atoms with E-state index in [2.05, 4.69) is 5.32 Å². The number of ether oxygens (including phenoxy) is 1. The monoisotopic (exact) mass is 323 g/mol. The highest BCUT2D eigenvalue weighted by molar-refractivity contribution is 6.68. The topological polar surface area (TPSA) is 55.4 Å². The Morgan fingerprint density at radius 2 is 1.95 bits per heavy atom. The van der Waals surface area contributed by atoms with E-state index in [1.165, 1.54) is 0 Å². The Hall–Kier alpha value is -0.970. The van der Waals surface area contributed by atoms with Crippen molar-refractivity contribution < 1.29 is 14.3 Å². The summed E-state index contributed by atoms with van der Waals surface area (Å²) >= 11 is 17.2. The third-order valence-electron chi connectivity index (χ3n) is 2.18. The van der Waals surface area contributed by atoms with E-state index in [0.717, 1.165) is 0 Å². The molecule has 1 rings (SSSR count). The van der Waals surface area contributed by atoms with Crippen LogP contribution < -0.4 is 10.1 Å². The number of carbonyl (C=O) groups is 2. The van der Waals surface area contributed by atoms with Crippen molar-refractivity contribution in [2.75, 3.05) is 0 Å². The fourth-order valence-corrected chi connectivity index (χ4v) is 1.48. The SMILES string of the molecule is CCC(=O)N[C@H](Oc1ccc(C=O)cc1)C(Cl)(Cl)Cl. The molecule has 0 bridgehead atoms. The van der Waals surface area contributed by atoms with Gasteiger partial charge >= 0.3 is 0 Å². The molecule has 1 atom stereocenters. The zero-order valence-corrected chi connectivity index (χ0v) is 12.3. The molecule has 0 radical (unpaired) electrons. The number of aldehydes is 1. The molecule has 0 unspecified atom stereocenters. The van der Waals surface area contributed by atoms with Crippen LogP contribution in [0.15, 0.2) is 24.3 Å². The van der Waals surface area contributed by atoms with E-state index in [0.29, 0.717) is 17.6 Å². The number of amides is 1. The van der Waals surface area contributed by atoms with Gasteiger partial charge in [0.1, 0.15) is 12.0 Å². The van der Waals surface area contributed by atoms with E-state index in [1.807, 2.05) is 0 Å². The average molecular weight is 325 g/mol. The summed E-state index contributed by atoms with van der Waals surface area (Å²) in [6.45, 7) is 1.67. The fourth-order valence-electron chi connectivity index (χ4n) is 1.19. The molecule has 0 saturated heterocycles. The molecule has 7 heteroatoms. The molecule has 0 fully saturated rings. The molecule has 104 valence electrons. The van der Waals surface area contributed by atoms with Crippen LogP contribution in [0.25, 0.3) is 0 Å². The van der Waals surface area contributed by atoms with Crippen molar-refractivity contribution in [3.05, 3.63) is 29.8 Å². The standard InChI is InChI=1S/C12H12Cl3NO3/c1-2-10(18)16-11(12(13,14)15)19-9-5-3-8(7-17)4-6-9/h3-7,11H,2H2,1H3,(H,16,18)/t11-/m1/s1. The normalized spacial score (nSPS) is 12.6. The van der Waals surface area contributed by atoms with E-state index >= 15 is 0 Å². The second kappa shape index (κ2) is 6.98. The van der Waals surface area contributed by atoms with Crippen LogP contribution in [-0.4, -0.2) is 22.2 Å². The maximum atomic E-state index is 11.3. The lowest BCUT2D eigenvalue weighted by molar-refractivity contribution is -0.123. The van der Waals surface area contributed by atoms with Crippen molar-refractivity contribution in [1.82, 2.24) is 5.32 Å². The van der Waals surface area contributed by atoms with Crippen LogP contribution in [0.5, 0.6) is 5.75 Å². The fraction of sp³-hybridized carbons (Fsp3) is 0.333. The van der Waals surface area contributed by atoms with Crippen molar-refractivity contribution >= 4 is 47.0 Å². The predicted octanol–water partition coefficient (Wildman–Crippen LogP) is 3.10. The van der Waals surface area contributed by atoms with Gasteiger partial charge in [0.15, 0.2) is 0 Å². The Morgan fingerprint density at radius 1 is 1.37 bits per heavy atom. The number of rotatable bonds is 5. The van der Waals surface area contributed by atoms with Crippen LogP contribution in [-0.2, 0) is 4.79 Å². The molecule has 0 aromatic heterocycles. The quantitative estimate of drug-likeness (QED) is 0.514. The first-order valence-electron chi connectivity index (χ1n) is 5.44. The molecule has 1 N–H and O–H groups in total. The molecule has 1 aromatic rings. The maximum absolute atomic E-state index is 11.3. The van der Waals surface area contributed by atoms with Crippen molar-refractivity contribution in [3.8, 4) is 5.75 Å². The number of nitrogens with one attached hydrogen (secondary N) is 1. The smallest absolute Gasteiger partial charge is 0.246 e. The van der Waals surface area contributed by atoms with E-state index in [-0.39, 0.29) is 12.3 Å². The lowest BCUT2D eigenvalue weighted by Gasteiger charge is -2.26. The van der Waals surface area contributed by atoms with Gasteiger partial charge in [-0.3, -0.25) is 9.59 Å². The van der Waals surface area contributed by atoms with Gasteiger partial charge in [-0.1, -0.05) is 41.7 Å². The van der Waals surface area contributed by atoms with Crippen molar-refractivity contribution in [3.63, 3.8) is 0 Å². The van der Waals surface area contributed by atoms with Crippen molar-refractivity contribution in [1.29, 1.82) is 0 Å². The highest BCUT2D eigenvalue weighted by Crippen LogP contribution is 2.32. The maximum Gasteiger partial charge on any atom is 0.246 e. The lowest BCUT2D eigenvalue weighted by atomic mass is 10.2. The van der Waals surface area contributed by atoms with Crippen LogP contribution in [0.3, 0.4) is 0 Å². The molecular weight excluding hydrogens is 312 g/mol. The summed E-state index contributed by atoms with van der Waals surface area (Å²) in [6, 6.07) is 6.20. The summed E-state index contributed by atoms with van der Waals surface area (Å²) in [5.41, 5.74) is 0.496. The van der Waals surface area contributed by atoms with Crippen molar-refractivity contribution in [2.45, 2.75) is 23.4 Å². The molecule has 0 spiro atoms. The molecule has 0 aliphatic heterocycles. The Bertz CT molecular complexity index is 443. The molecule has 1 aromatic carbocycles. The number of hydrogen-bond acceptors (Lipinski definition) is 3. The zero-order valence-electron chi connectivity index (χ0n) is 10.0. The van der Waals surface area contributed by atoms with Crippen molar-refractivity contribution in [2.24, 2.45) is 0 Å². The second-order valence-corrected chi connectivity index (χ2v) is 6.02. The van der Waals surface area contributed by atoms with Gasteiger partial charge in [0.25, 0.3) is 0 Å². The predicted molar refractivity (Wildman–Crippen MR) is 75.0 cm³/mol. The second-order valence-electron chi connectivity index (χ2n) is 3.65. The molecule has 0 heterocycles. The zero-order chi connectivity index (χ0) is 14.5. The summed E-state index contributed by atoms with van der Waals surface area (Å²) < 4.78 is 3.60. The first kappa shape index (κ1) is 16.1. The van der Waals surface area contributed by atoms with Gasteiger partial charge in [-0.05, 0) is 24.3 Å². The Balaban J connectivity index is 2.81. The van der Waals surface area contributed by atoms with Crippen LogP contribution in [0, 0.1) is 0 Å². The molecule has 0 saturated carbocycles. The minimum absolute atomic E-state index is 0.241. The molecule has 4 nitrogen and oxygen atoms in total. The van der Waals surface area contributed by atoms with Gasteiger partial charge in [-0.2, -0.15) is 0 Å². The Morgan fingerprint density at radius 3 is 2.37 bits per heavy atom. The molecule has 19 heavy (non-hydrogen) atoms. The summed E-state index contributed by atoms with van der Waals surface area (Å²) in [5.74, 6) is 0.0687. The third-order valence-corrected chi connectivity index (χ3v) is 2.78. The first-order valence-corrected chi connectivity index (χ1v) is 6.58. The van der Waals surface area contributed by atoms with Gasteiger partial charge in [0, 0.05) is 12.0 Å². The Labute approximate surface area is 126 Å². The van der Waals surface area contributed by atoms with Crippen LogP contribution in [0.4, 0.5) is 0 Å². The number of halogens is 3. The largest absolute Gasteiger partial charge is 0.466 e. The number of benzene rings is 1. The van der Waals surface area contributed by atoms with Crippen LogP contribution >= 0.6 is 34.8 Å². The van der Waals surface area contributed by atoms with Gasteiger partial charge in [-0.15, -0.1) is 0 Å². The van der Waals surface area contributed by atoms with E-state index in [1.54, 1.807) is 31.2 Å². The number of carbonyl (C=O) groups excluding carboxylic acids is 2. The highest BCUT2D eigenvalue weighted by Gasteiger charge is 2.35. The minimum atomic E-state index is -1.81. The van der Waals surface area contributed by atoms with E-state index < -0.39 is 10.0 Å². The van der Waals surface area contributed by atoms with Gasteiger partial charge < -0.3 is 10.1 Å². The number of alkyl halides is 3. The summed E-state index contributed by atoms with van der Waals surface area (Å²) in [5, 5.41) is 2.46. The Kier molecular flexibility index (Phi) is 5.91.